The van der Waals surface area contributed by atoms with Crippen LogP contribution in [0.4, 0.5) is 4.39 Å². The van der Waals surface area contributed by atoms with Crippen molar-refractivity contribution in [2.45, 2.75) is 49.5 Å². The summed E-state index contributed by atoms with van der Waals surface area (Å²) in [6, 6.07) is 6.48. The van der Waals surface area contributed by atoms with Gasteiger partial charge < -0.3 is 10.4 Å². The lowest BCUT2D eigenvalue weighted by molar-refractivity contribution is -0.124. The van der Waals surface area contributed by atoms with Crippen LogP contribution in [0.2, 0.25) is 0 Å². The van der Waals surface area contributed by atoms with Crippen molar-refractivity contribution in [3.05, 3.63) is 35.6 Å². The summed E-state index contributed by atoms with van der Waals surface area (Å²) < 4.78 is 13.9. The second kappa shape index (κ2) is 4.85. The lowest BCUT2D eigenvalue weighted by Gasteiger charge is -2.24. The Morgan fingerprint density at radius 1 is 1.20 bits per heavy atom. The van der Waals surface area contributed by atoms with Gasteiger partial charge in [0.05, 0.1) is 11.0 Å². The molecule has 2 aliphatic rings. The van der Waals surface area contributed by atoms with Crippen LogP contribution in [0.1, 0.15) is 44.1 Å². The Hall–Kier alpha value is -1.42. The van der Waals surface area contributed by atoms with Crippen LogP contribution >= 0.6 is 0 Å². The molecule has 0 radical (unpaired) electrons. The lowest BCUT2D eigenvalue weighted by atomic mass is 9.93. The summed E-state index contributed by atoms with van der Waals surface area (Å²) in [6.07, 6.45) is 4.84. The molecule has 2 saturated carbocycles. The fourth-order valence-corrected chi connectivity index (χ4v) is 3.22. The summed E-state index contributed by atoms with van der Waals surface area (Å²) in [5.41, 5.74) is -0.989. The van der Waals surface area contributed by atoms with E-state index < -0.39 is 11.0 Å². The summed E-state index contributed by atoms with van der Waals surface area (Å²) in [5.74, 6) is -0.470. The first-order valence-corrected chi connectivity index (χ1v) is 7.32. The van der Waals surface area contributed by atoms with E-state index in [1.54, 1.807) is 18.2 Å². The topological polar surface area (TPSA) is 49.3 Å². The number of carbonyl (C=O) groups excluding carboxylic acids is 1. The molecule has 1 aromatic carbocycles. The molecule has 4 heteroatoms. The normalized spacial score (nSPS) is 22.5. The van der Waals surface area contributed by atoms with Gasteiger partial charge in [-0.3, -0.25) is 4.79 Å². The Morgan fingerprint density at radius 3 is 2.45 bits per heavy atom. The summed E-state index contributed by atoms with van der Waals surface area (Å²) in [5, 5.41) is 13.1. The molecule has 2 aliphatic carbocycles. The van der Waals surface area contributed by atoms with Gasteiger partial charge in [-0.25, -0.2) is 4.39 Å². The van der Waals surface area contributed by atoms with Crippen LogP contribution in [0.15, 0.2) is 24.3 Å². The summed E-state index contributed by atoms with van der Waals surface area (Å²) in [7, 11) is 0. The molecule has 0 bridgehead atoms. The fourth-order valence-electron chi connectivity index (χ4n) is 3.22. The van der Waals surface area contributed by atoms with Gasteiger partial charge in [-0.15, -0.1) is 0 Å². The van der Waals surface area contributed by atoms with Gasteiger partial charge in [0.2, 0.25) is 5.91 Å². The van der Waals surface area contributed by atoms with Crippen LogP contribution in [-0.2, 0) is 10.2 Å². The predicted octanol–water partition coefficient (Wildman–Crippen LogP) is 2.28. The summed E-state index contributed by atoms with van der Waals surface area (Å²) >= 11 is 0. The van der Waals surface area contributed by atoms with E-state index in [9.17, 15) is 14.3 Å². The van der Waals surface area contributed by atoms with Gasteiger partial charge in [0.1, 0.15) is 5.82 Å². The molecule has 3 nitrogen and oxygen atoms in total. The summed E-state index contributed by atoms with van der Waals surface area (Å²) in [6.45, 7) is 0.280. The zero-order valence-corrected chi connectivity index (χ0v) is 11.5. The number of rotatable bonds is 4. The Labute approximate surface area is 118 Å². The van der Waals surface area contributed by atoms with Crippen LogP contribution < -0.4 is 5.32 Å². The van der Waals surface area contributed by atoms with Crippen LogP contribution in [0.3, 0.4) is 0 Å². The molecule has 0 aliphatic heterocycles. The Morgan fingerprint density at radius 2 is 1.85 bits per heavy atom. The maximum absolute atomic E-state index is 13.9. The lowest BCUT2D eigenvalue weighted by Crippen LogP contribution is -2.44. The van der Waals surface area contributed by atoms with E-state index in [1.807, 2.05) is 0 Å². The molecule has 0 spiro atoms. The highest BCUT2D eigenvalue weighted by Crippen LogP contribution is 2.49. The van der Waals surface area contributed by atoms with Gasteiger partial charge in [-0.1, -0.05) is 31.0 Å². The number of halogens is 1. The van der Waals surface area contributed by atoms with Gasteiger partial charge in [0.15, 0.2) is 0 Å². The SMILES string of the molecule is O=C(NCC1(O)CCCC1)C1(c2ccccc2F)CC1. The summed E-state index contributed by atoms with van der Waals surface area (Å²) in [4.78, 5) is 12.4. The van der Waals surface area contributed by atoms with Gasteiger partial charge in [0, 0.05) is 12.1 Å². The first-order valence-electron chi connectivity index (χ1n) is 7.32. The molecule has 2 N–H and O–H groups in total. The molecule has 108 valence electrons. The van der Waals surface area contributed by atoms with Gasteiger partial charge in [-0.2, -0.15) is 0 Å². The molecule has 0 unspecified atom stereocenters. The minimum Gasteiger partial charge on any atom is -0.388 e. The third kappa shape index (κ3) is 2.33. The highest BCUT2D eigenvalue weighted by atomic mass is 19.1. The highest BCUT2D eigenvalue weighted by molar-refractivity contribution is 5.91. The van der Waals surface area contributed by atoms with Gasteiger partial charge >= 0.3 is 0 Å². The van der Waals surface area contributed by atoms with E-state index in [2.05, 4.69) is 5.32 Å². The molecule has 0 heterocycles. The smallest absolute Gasteiger partial charge is 0.230 e. The van der Waals surface area contributed by atoms with Crippen molar-refractivity contribution in [1.29, 1.82) is 0 Å². The van der Waals surface area contributed by atoms with Crippen molar-refractivity contribution in [2.75, 3.05) is 6.54 Å². The van der Waals surface area contributed by atoms with Crippen molar-refractivity contribution >= 4 is 5.91 Å². The molecular weight excluding hydrogens is 257 g/mol. The average Bonchev–Trinajstić information content (AvgIpc) is 3.14. The molecule has 1 amide bonds. The molecular formula is C16H20FNO2. The minimum atomic E-state index is -0.763. The van der Waals surface area contributed by atoms with E-state index in [0.717, 1.165) is 25.7 Å². The maximum atomic E-state index is 13.9. The second-order valence-electron chi connectivity index (χ2n) is 6.18. The van der Waals surface area contributed by atoms with Gasteiger partial charge in [0.25, 0.3) is 0 Å². The van der Waals surface area contributed by atoms with E-state index in [1.165, 1.54) is 6.07 Å². The number of hydrogen-bond acceptors (Lipinski definition) is 2. The monoisotopic (exact) mass is 277 g/mol. The zero-order valence-electron chi connectivity index (χ0n) is 11.5. The Kier molecular flexibility index (Phi) is 3.28. The number of nitrogens with one attached hydrogen (secondary N) is 1. The van der Waals surface area contributed by atoms with Crippen molar-refractivity contribution in [3.8, 4) is 0 Å². The van der Waals surface area contributed by atoms with E-state index in [0.29, 0.717) is 18.4 Å². The van der Waals surface area contributed by atoms with Crippen LogP contribution in [-0.4, -0.2) is 23.2 Å². The van der Waals surface area contributed by atoms with Crippen molar-refractivity contribution in [1.82, 2.24) is 5.32 Å². The maximum Gasteiger partial charge on any atom is 0.230 e. The second-order valence-corrected chi connectivity index (χ2v) is 6.18. The van der Waals surface area contributed by atoms with Crippen molar-refractivity contribution < 1.29 is 14.3 Å². The third-order valence-corrected chi connectivity index (χ3v) is 4.69. The van der Waals surface area contributed by atoms with E-state index in [-0.39, 0.29) is 18.3 Å². The minimum absolute atomic E-state index is 0.150. The molecule has 0 atom stereocenters. The van der Waals surface area contributed by atoms with E-state index >= 15 is 0 Å². The van der Waals surface area contributed by atoms with Crippen LogP contribution in [0.5, 0.6) is 0 Å². The van der Waals surface area contributed by atoms with Gasteiger partial charge in [-0.05, 0) is 31.7 Å². The number of hydrogen-bond donors (Lipinski definition) is 2. The van der Waals surface area contributed by atoms with Crippen LogP contribution in [0.25, 0.3) is 0 Å². The highest BCUT2D eigenvalue weighted by Gasteiger charge is 2.52. The molecule has 0 aromatic heterocycles. The first-order chi connectivity index (χ1) is 9.56. The van der Waals surface area contributed by atoms with Crippen molar-refractivity contribution in [2.24, 2.45) is 0 Å². The number of amides is 1. The third-order valence-electron chi connectivity index (χ3n) is 4.69. The molecule has 3 rings (SSSR count). The van der Waals surface area contributed by atoms with Crippen molar-refractivity contribution in [3.63, 3.8) is 0 Å². The standard InChI is InChI=1S/C16H20FNO2/c17-13-6-2-1-5-12(13)16(9-10-16)14(19)18-11-15(20)7-3-4-8-15/h1-2,5-6,20H,3-4,7-11H2,(H,18,19). The molecule has 1 aromatic rings. The Bertz CT molecular complexity index is 519. The number of benzene rings is 1. The number of aliphatic hydroxyl groups is 1. The molecule has 2 fully saturated rings. The average molecular weight is 277 g/mol. The Balaban J connectivity index is 1.69. The van der Waals surface area contributed by atoms with E-state index in [4.69, 9.17) is 0 Å². The zero-order chi connectivity index (χ0) is 14.2. The fraction of sp³-hybridized carbons (Fsp3) is 0.562. The number of carbonyl (C=O) groups is 1. The van der Waals surface area contributed by atoms with Crippen LogP contribution in [0, 0.1) is 5.82 Å². The molecule has 20 heavy (non-hydrogen) atoms. The predicted molar refractivity (Wildman–Crippen MR) is 73.7 cm³/mol. The largest absolute Gasteiger partial charge is 0.388 e. The molecule has 0 saturated heterocycles. The first kappa shape index (κ1) is 13.6. The quantitative estimate of drug-likeness (QED) is 0.887.